The van der Waals surface area contributed by atoms with Crippen molar-refractivity contribution in [2.75, 3.05) is 0 Å². The molecule has 0 heterocycles. The van der Waals surface area contributed by atoms with Crippen LogP contribution in [0, 0.1) is 0 Å². The Hall–Kier alpha value is -1.60. The Bertz CT molecular complexity index is 315. The van der Waals surface area contributed by atoms with Gasteiger partial charge in [0, 0.05) is 25.7 Å². The van der Waals surface area contributed by atoms with E-state index in [1.54, 1.807) is 0 Å². The fraction of sp³-hybridized carbons (Fsp3) is 0.800. The topological polar surface area (TPSA) is 149 Å². The van der Waals surface area contributed by atoms with Gasteiger partial charge in [0.2, 0.25) is 0 Å². The summed E-state index contributed by atoms with van der Waals surface area (Å²) in [5.74, 6) is -2.77. The molecule has 0 aromatic heterocycles. The minimum atomic E-state index is -0.693. The molecule has 0 aliphatic rings. The summed E-state index contributed by atoms with van der Waals surface area (Å²) >= 11 is 0. The third-order valence-electron chi connectivity index (χ3n) is 2.98. The zero-order chi connectivity index (χ0) is 22.8. The first-order valence-electron chi connectivity index (χ1n) is 9.95. The number of carboxylic acids is 4. The Morgan fingerprint density at radius 2 is 0.586 bits per heavy atom. The molecule has 0 aliphatic carbocycles. The number of rotatable bonds is 12. The van der Waals surface area contributed by atoms with E-state index < -0.39 is 23.9 Å². The number of carboxylic acid groups (broad SMARTS) is 4. The number of hydrogen-bond acceptors (Lipinski definition) is 4. The first kappa shape index (κ1) is 38.1. The van der Waals surface area contributed by atoms with Crippen molar-refractivity contribution in [2.24, 2.45) is 0 Å². The van der Waals surface area contributed by atoms with Gasteiger partial charge in [0.1, 0.15) is 0 Å². The van der Waals surface area contributed by atoms with Crippen molar-refractivity contribution < 1.29 is 39.6 Å². The van der Waals surface area contributed by atoms with Crippen molar-refractivity contribution in [1.82, 2.24) is 0 Å². The number of carbonyl (C=O) groups is 4. The summed E-state index contributed by atoms with van der Waals surface area (Å²) < 4.78 is 0. The van der Waals surface area contributed by atoms with Crippen LogP contribution in [0.3, 0.4) is 0 Å². The standard InChI is InChI=1S/4C5H10O2.H2Se/c4*1-2-3-4-5(6)7;/h4*2-4H2,1H3,(H,6,7);1H2. The Morgan fingerprint density at radius 1 is 0.448 bits per heavy atom. The average molecular weight is 490 g/mol. The quantitative estimate of drug-likeness (QED) is 0.299. The molecule has 8 nitrogen and oxygen atoms in total. The minimum absolute atomic E-state index is 0. The summed E-state index contributed by atoms with van der Waals surface area (Å²) in [5, 5.41) is 32.2. The molecule has 4 N–H and O–H groups in total. The second-order valence-electron chi connectivity index (χ2n) is 5.99. The molecule has 0 saturated heterocycles. The maximum absolute atomic E-state index is 9.76. The maximum atomic E-state index is 9.76. The van der Waals surface area contributed by atoms with Crippen molar-refractivity contribution in [3.8, 4) is 0 Å². The monoisotopic (exact) mass is 490 g/mol. The summed E-state index contributed by atoms with van der Waals surface area (Å²) in [6, 6.07) is 0. The third kappa shape index (κ3) is 75.8. The van der Waals surface area contributed by atoms with Crippen LogP contribution in [0.1, 0.15) is 105 Å². The van der Waals surface area contributed by atoms with E-state index in [2.05, 4.69) is 0 Å². The van der Waals surface area contributed by atoms with Gasteiger partial charge in [0.05, 0.1) is 0 Å². The van der Waals surface area contributed by atoms with E-state index >= 15 is 0 Å². The van der Waals surface area contributed by atoms with Crippen molar-refractivity contribution >= 4 is 40.9 Å². The van der Waals surface area contributed by atoms with Crippen molar-refractivity contribution in [3.63, 3.8) is 0 Å². The molecule has 0 aromatic rings. The second kappa shape index (κ2) is 33.9. The van der Waals surface area contributed by atoms with Crippen LogP contribution < -0.4 is 0 Å². The first-order chi connectivity index (χ1) is 13.1. The third-order valence-corrected chi connectivity index (χ3v) is 2.98. The van der Waals surface area contributed by atoms with Gasteiger partial charge in [-0.3, -0.25) is 19.2 Å². The van der Waals surface area contributed by atoms with Gasteiger partial charge in [0.15, 0.2) is 0 Å². The van der Waals surface area contributed by atoms with Crippen LogP contribution in [0.15, 0.2) is 0 Å². The number of hydrogen-bond donors (Lipinski definition) is 4. The second-order valence-corrected chi connectivity index (χ2v) is 5.99. The zero-order valence-electron chi connectivity index (χ0n) is 18.4. The van der Waals surface area contributed by atoms with E-state index in [0.717, 1.165) is 51.4 Å². The van der Waals surface area contributed by atoms with Crippen LogP contribution in [0.4, 0.5) is 0 Å². The molecule has 176 valence electrons. The van der Waals surface area contributed by atoms with Crippen molar-refractivity contribution in [2.45, 2.75) is 105 Å². The van der Waals surface area contributed by atoms with Crippen LogP contribution in [-0.2, 0) is 19.2 Å². The number of unbranched alkanes of at least 4 members (excludes halogenated alkanes) is 4. The van der Waals surface area contributed by atoms with Gasteiger partial charge in [-0.15, -0.1) is 0 Å². The Kier molecular flexibility index (Phi) is 44.5. The summed E-state index contributed by atoms with van der Waals surface area (Å²) in [7, 11) is 0. The van der Waals surface area contributed by atoms with Gasteiger partial charge < -0.3 is 20.4 Å². The Labute approximate surface area is 185 Å². The van der Waals surface area contributed by atoms with Crippen LogP contribution in [-0.4, -0.2) is 61.4 Å². The molecule has 0 saturated carbocycles. The molecule has 0 fully saturated rings. The fourth-order valence-electron chi connectivity index (χ4n) is 1.31. The Balaban J connectivity index is -0.0000000873. The van der Waals surface area contributed by atoms with Crippen LogP contribution in [0.2, 0.25) is 0 Å². The van der Waals surface area contributed by atoms with Crippen LogP contribution in [0.5, 0.6) is 0 Å². The molecular formula is C20H42O8Se. The fourth-order valence-corrected chi connectivity index (χ4v) is 1.31. The van der Waals surface area contributed by atoms with Crippen LogP contribution >= 0.6 is 0 Å². The van der Waals surface area contributed by atoms with E-state index in [1.807, 2.05) is 27.7 Å². The summed E-state index contributed by atoms with van der Waals surface area (Å²) in [6.45, 7) is 7.90. The Morgan fingerprint density at radius 3 is 0.621 bits per heavy atom. The predicted molar refractivity (Wildman–Crippen MR) is 117 cm³/mol. The zero-order valence-corrected chi connectivity index (χ0v) is 20.5. The van der Waals surface area contributed by atoms with Gasteiger partial charge in [-0.2, -0.15) is 0 Å². The molecule has 29 heavy (non-hydrogen) atoms. The molecule has 0 amide bonds. The summed E-state index contributed by atoms with van der Waals surface area (Å²) in [6.07, 6.45) is 8.33. The molecule has 0 unspecified atom stereocenters. The number of aliphatic carboxylic acids is 4. The van der Waals surface area contributed by atoms with Gasteiger partial charge >= 0.3 is 40.9 Å². The van der Waals surface area contributed by atoms with Crippen LogP contribution in [0.25, 0.3) is 0 Å². The van der Waals surface area contributed by atoms with Gasteiger partial charge in [0.25, 0.3) is 0 Å². The first-order valence-corrected chi connectivity index (χ1v) is 9.95. The molecule has 0 bridgehead atoms. The van der Waals surface area contributed by atoms with Gasteiger partial charge in [-0.05, 0) is 25.7 Å². The summed E-state index contributed by atoms with van der Waals surface area (Å²) in [4.78, 5) is 39.0. The van der Waals surface area contributed by atoms with Crippen molar-refractivity contribution in [3.05, 3.63) is 0 Å². The van der Waals surface area contributed by atoms with E-state index in [1.165, 1.54) is 0 Å². The molecule has 0 aliphatic heterocycles. The molecule has 0 radical (unpaired) electrons. The van der Waals surface area contributed by atoms with E-state index in [9.17, 15) is 19.2 Å². The SMILES string of the molecule is CCCCC(=O)O.CCCCC(=O)O.CCCCC(=O)O.CCCCC(=O)O.[SeH2]. The van der Waals surface area contributed by atoms with Gasteiger partial charge in [-0.25, -0.2) is 0 Å². The van der Waals surface area contributed by atoms with Crippen molar-refractivity contribution in [1.29, 1.82) is 0 Å². The molecule has 0 spiro atoms. The predicted octanol–water partition coefficient (Wildman–Crippen LogP) is 4.13. The molecular weight excluding hydrogens is 447 g/mol. The molecule has 0 rings (SSSR count). The van der Waals surface area contributed by atoms with E-state index in [-0.39, 0.29) is 17.1 Å². The normalized spacial score (nSPS) is 8.41. The average Bonchev–Trinajstić information content (AvgIpc) is 2.62. The molecule has 9 heteroatoms. The van der Waals surface area contributed by atoms with E-state index in [4.69, 9.17) is 20.4 Å². The van der Waals surface area contributed by atoms with Gasteiger partial charge in [-0.1, -0.05) is 53.4 Å². The van der Waals surface area contributed by atoms with E-state index in [0.29, 0.717) is 25.7 Å². The molecule has 0 atom stereocenters. The molecule has 0 aromatic carbocycles. The summed E-state index contributed by atoms with van der Waals surface area (Å²) in [5.41, 5.74) is 0.